The normalized spacial score (nSPS) is 11.2. The van der Waals surface area contributed by atoms with Crippen LogP contribution >= 0.6 is 11.6 Å². The van der Waals surface area contributed by atoms with Gasteiger partial charge < -0.3 is 0 Å². The summed E-state index contributed by atoms with van der Waals surface area (Å²) in [6.07, 6.45) is 0. The number of carbonyl (C=O) groups is 1. The number of carbonyl (C=O) groups excluding carboxylic acids is 1. The number of hydrogen-bond donors (Lipinski definition) is 0. The van der Waals surface area contributed by atoms with E-state index in [1.54, 1.807) is 38.1 Å². The molecule has 126 valence electrons. The number of aryl methyl sites for hydroxylation is 2. The maximum Gasteiger partial charge on any atom is 0.279 e. The second-order valence-corrected chi connectivity index (χ2v) is 6.16. The van der Waals surface area contributed by atoms with Crippen LogP contribution in [0.2, 0.25) is 5.02 Å². The number of rotatable bonds is 3. The van der Waals surface area contributed by atoms with Crippen LogP contribution in [-0.2, 0) is 0 Å². The molecule has 0 N–H and O–H groups in total. The lowest BCUT2D eigenvalue weighted by atomic mass is 10.2. The zero-order chi connectivity index (χ0) is 18.0. The Morgan fingerprint density at radius 1 is 1.04 bits per heavy atom. The second kappa shape index (κ2) is 6.99. The van der Waals surface area contributed by atoms with Crippen molar-refractivity contribution in [2.45, 2.75) is 20.8 Å². The topological polar surface area (TPSA) is 59.6 Å². The van der Waals surface area contributed by atoms with Gasteiger partial charge in [0.15, 0.2) is 0 Å². The van der Waals surface area contributed by atoms with Crippen LogP contribution in [0.3, 0.4) is 0 Å². The third kappa shape index (κ3) is 3.51. The first-order chi connectivity index (χ1) is 12.0. The average Bonchev–Trinajstić information content (AvgIpc) is 2.87. The Hall–Kier alpha value is -2.79. The highest BCUT2D eigenvalue weighted by Gasteiger charge is 2.19. The van der Waals surface area contributed by atoms with Gasteiger partial charge in [0.1, 0.15) is 5.69 Å². The van der Waals surface area contributed by atoms with Gasteiger partial charge in [-0.1, -0.05) is 35.9 Å². The minimum Gasteiger partial charge on any atom is -0.267 e. The number of azo groups is 1. The van der Waals surface area contributed by atoms with Crippen molar-refractivity contribution >= 4 is 28.9 Å². The van der Waals surface area contributed by atoms with E-state index in [2.05, 4.69) is 15.3 Å². The highest BCUT2D eigenvalue weighted by Crippen LogP contribution is 2.27. The molecule has 25 heavy (non-hydrogen) atoms. The van der Waals surface area contributed by atoms with Crippen molar-refractivity contribution in [1.82, 2.24) is 9.78 Å². The van der Waals surface area contributed by atoms with Gasteiger partial charge in [0.05, 0.1) is 27.7 Å². The fourth-order valence-corrected chi connectivity index (χ4v) is 2.74. The summed E-state index contributed by atoms with van der Waals surface area (Å²) in [6, 6.07) is 14.6. The van der Waals surface area contributed by atoms with Gasteiger partial charge >= 0.3 is 0 Å². The molecule has 0 radical (unpaired) electrons. The predicted octanol–water partition coefficient (Wildman–Crippen LogP) is 5.57. The van der Waals surface area contributed by atoms with E-state index in [1.165, 1.54) is 4.68 Å². The molecule has 0 saturated carbocycles. The summed E-state index contributed by atoms with van der Waals surface area (Å²) in [5.41, 5.74) is 4.10. The van der Waals surface area contributed by atoms with Gasteiger partial charge in [-0.2, -0.15) is 14.9 Å². The standard InChI is InChI=1S/C19H17ClN4O/c1-12-7-6-8-15(11-12)21-22-18-13(2)23-24(14(18)3)19(25)16-9-4-5-10-17(16)20/h4-11H,1-3H3. The van der Waals surface area contributed by atoms with E-state index in [0.717, 1.165) is 11.3 Å². The van der Waals surface area contributed by atoms with Crippen molar-refractivity contribution in [3.63, 3.8) is 0 Å². The summed E-state index contributed by atoms with van der Waals surface area (Å²) in [4.78, 5) is 12.7. The monoisotopic (exact) mass is 352 g/mol. The molecule has 0 aliphatic carbocycles. The molecule has 0 bridgehead atoms. The second-order valence-electron chi connectivity index (χ2n) is 5.76. The molecule has 3 aromatic rings. The molecular formula is C19H17ClN4O. The minimum absolute atomic E-state index is 0.289. The molecule has 0 saturated heterocycles. The van der Waals surface area contributed by atoms with Crippen molar-refractivity contribution in [3.8, 4) is 0 Å². The van der Waals surface area contributed by atoms with Crippen LogP contribution in [-0.4, -0.2) is 15.7 Å². The first-order valence-electron chi connectivity index (χ1n) is 7.81. The summed E-state index contributed by atoms with van der Waals surface area (Å²) >= 11 is 6.12. The molecule has 0 fully saturated rings. The molecule has 1 aromatic heterocycles. The zero-order valence-electron chi connectivity index (χ0n) is 14.2. The lowest BCUT2D eigenvalue weighted by Crippen LogP contribution is -2.15. The van der Waals surface area contributed by atoms with Crippen molar-refractivity contribution in [1.29, 1.82) is 0 Å². The Kier molecular flexibility index (Phi) is 4.76. The van der Waals surface area contributed by atoms with Crippen LogP contribution < -0.4 is 0 Å². The number of halogens is 1. The molecule has 3 rings (SSSR count). The first kappa shape index (κ1) is 17.0. The highest BCUT2D eigenvalue weighted by molar-refractivity contribution is 6.33. The predicted molar refractivity (Wildman–Crippen MR) is 98.2 cm³/mol. The molecule has 0 aliphatic heterocycles. The fraction of sp³-hybridized carbons (Fsp3) is 0.158. The van der Waals surface area contributed by atoms with Gasteiger partial charge in [-0.3, -0.25) is 4.79 Å². The Balaban J connectivity index is 1.96. The van der Waals surface area contributed by atoms with Gasteiger partial charge in [-0.15, -0.1) is 5.11 Å². The van der Waals surface area contributed by atoms with Crippen molar-refractivity contribution in [2.75, 3.05) is 0 Å². The zero-order valence-corrected chi connectivity index (χ0v) is 14.9. The summed E-state index contributed by atoms with van der Waals surface area (Å²) < 4.78 is 1.32. The lowest BCUT2D eigenvalue weighted by Gasteiger charge is -2.04. The molecule has 0 spiro atoms. The summed E-state index contributed by atoms with van der Waals surface area (Å²) in [5.74, 6) is -0.289. The van der Waals surface area contributed by atoms with E-state index < -0.39 is 0 Å². The van der Waals surface area contributed by atoms with Gasteiger partial charge in [-0.05, 0) is 50.6 Å². The maximum atomic E-state index is 12.7. The van der Waals surface area contributed by atoms with Crippen molar-refractivity contribution in [2.24, 2.45) is 10.2 Å². The van der Waals surface area contributed by atoms with Crippen molar-refractivity contribution in [3.05, 3.63) is 76.1 Å². The molecule has 1 heterocycles. The number of hydrogen-bond acceptors (Lipinski definition) is 4. The molecular weight excluding hydrogens is 336 g/mol. The van der Waals surface area contributed by atoms with E-state index >= 15 is 0 Å². The Morgan fingerprint density at radius 2 is 1.80 bits per heavy atom. The molecule has 0 amide bonds. The Labute approximate surface area is 151 Å². The third-order valence-corrected chi connectivity index (χ3v) is 4.15. The Bertz CT molecular complexity index is 975. The van der Waals surface area contributed by atoms with E-state index in [4.69, 9.17) is 11.6 Å². The number of benzene rings is 2. The molecule has 0 atom stereocenters. The van der Waals surface area contributed by atoms with E-state index in [0.29, 0.717) is 27.7 Å². The smallest absolute Gasteiger partial charge is 0.267 e. The third-order valence-electron chi connectivity index (χ3n) is 3.82. The number of aromatic nitrogens is 2. The van der Waals surface area contributed by atoms with E-state index in [-0.39, 0.29) is 5.91 Å². The van der Waals surface area contributed by atoms with Crippen LogP contribution in [0, 0.1) is 20.8 Å². The van der Waals surface area contributed by atoms with Crippen molar-refractivity contribution < 1.29 is 4.79 Å². The molecule has 6 heteroatoms. The average molecular weight is 353 g/mol. The van der Waals surface area contributed by atoms with Gasteiger partial charge in [0, 0.05) is 0 Å². The summed E-state index contributed by atoms with van der Waals surface area (Å²) in [5, 5.41) is 13.3. The van der Waals surface area contributed by atoms with Gasteiger partial charge in [0.2, 0.25) is 0 Å². The summed E-state index contributed by atoms with van der Waals surface area (Å²) in [7, 11) is 0. The highest BCUT2D eigenvalue weighted by atomic mass is 35.5. The number of nitrogens with zero attached hydrogens (tertiary/aromatic N) is 4. The molecule has 0 aliphatic rings. The summed E-state index contributed by atoms with van der Waals surface area (Å²) in [6.45, 7) is 5.59. The van der Waals surface area contributed by atoms with Crippen LogP contribution in [0.25, 0.3) is 0 Å². The van der Waals surface area contributed by atoms with Gasteiger partial charge in [0.25, 0.3) is 5.91 Å². The quantitative estimate of drug-likeness (QED) is 0.579. The Morgan fingerprint density at radius 3 is 2.52 bits per heavy atom. The molecule has 2 aromatic carbocycles. The van der Waals surface area contributed by atoms with E-state index in [9.17, 15) is 4.79 Å². The van der Waals surface area contributed by atoms with Crippen LogP contribution in [0.4, 0.5) is 11.4 Å². The SMILES string of the molecule is Cc1cccc(N=Nc2c(C)nn(C(=O)c3ccccc3Cl)c2C)c1. The lowest BCUT2D eigenvalue weighted by molar-refractivity contribution is 0.0942. The van der Waals surface area contributed by atoms with Gasteiger partial charge in [-0.25, -0.2) is 0 Å². The van der Waals surface area contributed by atoms with Crippen LogP contribution in [0.15, 0.2) is 58.8 Å². The first-order valence-corrected chi connectivity index (χ1v) is 8.19. The fourth-order valence-electron chi connectivity index (χ4n) is 2.52. The largest absolute Gasteiger partial charge is 0.279 e. The maximum absolute atomic E-state index is 12.7. The molecule has 5 nitrogen and oxygen atoms in total. The minimum atomic E-state index is -0.289. The van der Waals surface area contributed by atoms with E-state index in [1.807, 2.05) is 31.2 Å². The van der Waals surface area contributed by atoms with Crippen LogP contribution in [0.5, 0.6) is 0 Å². The molecule has 0 unspecified atom stereocenters. The van der Waals surface area contributed by atoms with Crippen LogP contribution in [0.1, 0.15) is 27.3 Å².